The van der Waals surface area contributed by atoms with Crippen LogP contribution in [0.1, 0.15) is 104 Å². The number of aliphatic hydroxyl groups excluding tert-OH is 2. The SMILES string of the molecule is C=O.COCC(=O)C(C)OC(=O)CC(=O)OC(C(=O)OC1CC2(O)C(OC(=O)c3ccccc3)C3C4C(CC(O)C3(C)C(=O)C(O)C(=C1C)C2(C)C)OC4OC(C)=O)C(NC(=O)OC(C)(C)C)c1ccccc1. The zero-order valence-corrected chi connectivity index (χ0v) is 42.4. The summed E-state index contributed by atoms with van der Waals surface area (Å²) in [6.45, 7) is 14.6. The van der Waals surface area contributed by atoms with E-state index in [1.807, 2.05) is 6.79 Å². The molecule has 4 aliphatic rings. The molecule has 1 amide bonds. The van der Waals surface area contributed by atoms with Gasteiger partial charge in [0.25, 0.3) is 0 Å². The van der Waals surface area contributed by atoms with Crippen LogP contribution in [-0.4, -0.2) is 144 Å². The summed E-state index contributed by atoms with van der Waals surface area (Å²) in [4.78, 5) is 117. The maximum Gasteiger partial charge on any atom is 0.408 e. The Balaban J connectivity index is 0.00000488. The molecule has 73 heavy (non-hydrogen) atoms. The predicted molar refractivity (Wildman–Crippen MR) is 251 cm³/mol. The predicted octanol–water partition coefficient (Wildman–Crippen LogP) is 3.37. The molecule has 2 bridgehead atoms. The van der Waals surface area contributed by atoms with Crippen molar-refractivity contribution in [2.24, 2.45) is 22.7 Å². The van der Waals surface area contributed by atoms with E-state index in [-0.39, 0.29) is 28.7 Å². The third-order valence-electron chi connectivity index (χ3n) is 14.1. The lowest BCUT2D eigenvalue weighted by molar-refractivity contribution is -0.352. The number of rotatable bonds is 15. The molecule has 13 unspecified atom stereocenters. The Bertz CT molecular complexity index is 2430. The molecule has 1 saturated heterocycles. The Kier molecular flexibility index (Phi) is 18.0. The Hall–Kier alpha value is -6.39. The van der Waals surface area contributed by atoms with Gasteiger partial charge in [-0.2, -0.15) is 0 Å². The first-order chi connectivity index (χ1) is 34.2. The number of ketones is 2. The molecule has 2 aromatic carbocycles. The van der Waals surface area contributed by atoms with Crippen LogP contribution in [0, 0.1) is 22.7 Å². The highest BCUT2D eigenvalue weighted by Gasteiger charge is 2.74. The number of fused-ring (bicyclic) bond motifs is 5. The normalized spacial score (nSPS) is 29.1. The van der Waals surface area contributed by atoms with Crippen molar-refractivity contribution in [3.8, 4) is 0 Å². The van der Waals surface area contributed by atoms with Crippen molar-refractivity contribution in [2.45, 2.75) is 148 Å². The van der Waals surface area contributed by atoms with Crippen molar-refractivity contribution in [3.05, 3.63) is 82.9 Å². The second kappa shape index (κ2) is 22.8. The number of nitrogens with one attached hydrogen (secondary N) is 1. The van der Waals surface area contributed by atoms with E-state index in [1.54, 1.807) is 57.2 Å². The Labute approximate surface area is 422 Å². The van der Waals surface area contributed by atoms with Gasteiger partial charge in [-0.25, -0.2) is 14.4 Å². The maximum atomic E-state index is 15.1. The van der Waals surface area contributed by atoms with Gasteiger partial charge >= 0.3 is 35.9 Å². The summed E-state index contributed by atoms with van der Waals surface area (Å²) in [7, 11) is 1.26. The van der Waals surface area contributed by atoms with Gasteiger partial charge < -0.3 is 63.3 Å². The van der Waals surface area contributed by atoms with Gasteiger partial charge in [0.15, 0.2) is 17.7 Å². The highest BCUT2D eigenvalue weighted by atomic mass is 16.7. The summed E-state index contributed by atoms with van der Waals surface area (Å²) in [6, 6.07) is 13.9. The molecule has 0 radical (unpaired) electrons. The van der Waals surface area contributed by atoms with Crippen LogP contribution in [-0.2, 0) is 71.5 Å². The van der Waals surface area contributed by atoms with Crippen molar-refractivity contribution < 1.29 is 96.4 Å². The second-order valence-corrected chi connectivity index (χ2v) is 20.2. The molecule has 398 valence electrons. The minimum Gasteiger partial charge on any atom is -0.455 e. The Morgan fingerprint density at radius 3 is 2.05 bits per heavy atom. The molecule has 2 aromatic rings. The number of benzene rings is 2. The van der Waals surface area contributed by atoms with Crippen molar-refractivity contribution >= 4 is 54.3 Å². The molecule has 4 N–H and O–H groups in total. The van der Waals surface area contributed by atoms with Gasteiger partial charge in [-0.05, 0) is 70.4 Å². The van der Waals surface area contributed by atoms with Crippen LogP contribution in [0.4, 0.5) is 4.79 Å². The van der Waals surface area contributed by atoms with E-state index in [2.05, 4.69) is 5.32 Å². The summed E-state index contributed by atoms with van der Waals surface area (Å²) >= 11 is 0. The molecule has 6 rings (SSSR count). The van der Waals surface area contributed by atoms with E-state index < -0.39 is 156 Å². The lowest BCUT2D eigenvalue weighted by atomic mass is 9.45. The first-order valence-corrected chi connectivity index (χ1v) is 23.5. The minimum absolute atomic E-state index is 0.0399. The number of methoxy groups -OCH3 is 1. The van der Waals surface area contributed by atoms with Crippen LogP contribution in [0.15, 0.2) is 71.8 Å². The highest BCUT2D eigenvalue weighted by Crippen LogP contribution is 2.63. The minimum atomic E-state index is -2.44. The molecule has 21 heteroatoms. The van der Waals surface area contributed by atoms with E-state index >= 15 is 9.59 Å². The smallest absolute Gasteiger partial charge is 0.408 e. The average Bonchev–Trinajstić information content (AvgIpc) is 3.31. The first-order valence-electron chi connectivity index (χ1n) is 23.5. The number of carbonyl (C=O) groups is 9. The van der Waals surface area contributed by atoms with Crippen LogP contribution in [0.3, 0.4) is 0 Å². The van der Waals surface area contributed by atoms with Crippen molar-refractivity contribution in [2.75, 3.05) is 13.7 Å². The molecule has 0 spiro atoms. The van der Waals surface area contributed by atoms with Crippen LogP contribution in [0.2, 0.25) is 0 Å². The van der Waals surface area contributed by atoms with Gasteiger partial charge in [0, 0.05) is 38.2 Å². The fourth-order valence-corrected chi connectivity index (χ4v) is 10.4. The standard InChI is InChI=1S/C51H63NO19.CH2O/c1-25-32(67-45(61)41(69-35(57)22-34(56)65-26(2)30(54)24-64-10)39(28-17-13-11-14-18-28)52-47(62)71-48(4,5)6)23-51(63)43(70-44(60)29-19-15-12-16-20-29)38-36-31(68-46(36)66-27(3)53)21-33(55)50(38,9)42(59)40(58)37(25)49(51,7)8;1-2/h11-20,26,31-33,36,38-41,43,46,55,58,63H,21-24H2,1-10H3,(H,52,62);1H2. The largest absolute Gasteiger partial charge is 0.455 e. The van der Waals surface area contributed by atoms with Gasteiger partial charge in [-0.15, -0.1) is 0 Å². The lowest BCUT2D eigenvalue weighted by Gasteiger charge is -2.65. The molecule has 1 aliphatic heterocycles. The summed E-state index contributed by atoms with van der Waals surface area (Å²) in [6.07, 6.45) is -15.8. The summed E-state index contributed by atoms with van der Waals surface area (Å²) in [5.41, 5.74) is -7.11. The number of hydrogen-bond acceptors (Lipinski definition) is 20. The van der Waals surface area contributed by atoms with E-state index in [1.165, 1.54) is 66.0 Å². The molecule has 0 aromatic heterocycles. The van der Waals surface area contributed by atoms with E-state index in [0.717, 1.165) is 6.92 Å². The van der Waals surface area contributed by atoms with Crippen LogP contribution in [0.25, 0.3) is 0 Å². The number of ether oxygens (including phenoxy) is 8. The number of hydrogen-bond donors (Lipinski definition) is 4. The number of aliphatic hydroxyl groups is 3. The molecule has 2 saturated carbocycles. The second-order valence-electron chi connectivity index (χ2n) is 20.2. The number of esters is 5. The molecule has 1 heterocycles. The zero-order valence-electron chi connectivity index (χ0n) is 42.4. The number of alkyl carbamates (subject to hydrolysis) is 1. The van der Waals surface area contributed by atoms with Gasteiger partial charge in [0.1, 0.15) is 55.4 Å². The molecule has 3 aliphatic carbocycles. The van der Waals surface area contributed by atoms with Gasteiger partial charge in [0.05, 0.1) is 29.1 Å². The zero-order chi connectivity index (χ0) is 54.5. The van der Waals surface area contributed by atoms with Crippen molar-refractivity contribution in [3.63, 3.8) is 0 Å². The highest BCUT2D eigenvalue weighted by molar-refractivity contribution is 5.95. The number of amides is 1. The Morgan fingerprint density at radius 2 is 1.48 bits per heavy atom. The quantitative estimate of drug-likeness (QED) is 0.0860. The Morgan fingerprint density at radius 1 is 0.890 bits per heavy atom. The molecule has 3 fully saturated rings. The van der Waals surface area contributed by atoms with E-state index in [9.17, 15) is 44.1 Å². The molecule has 21 nitrogen and oxygen atoms in total. The summed E-state index contributed by atoms with van der Waals surface area (Å²) in [5.74, 6) is -9.66. The third-order valence-corrected chi connectivity index (χ3v) is 14.1. The topological polar surface area (TPSA) is 300 Å². The summed E-state index contributed by atoms with van der Waals surface area (Å²) < 4.78 is 45.1. The first kappa shape index (κ1) is 57.5. The number of carbonyl (C=O) groups excluding carboxylic acids is 9. The van der Waals surface area contributed by atoms with E-state index in [4.69, 9.17) is 42.7 Å². The number of Topliss-reactive ketones (excluding diaryl/α,β-unsaturated/α-hetero) is 2. The van der Waals surface area contributed by atoms with Gasteiger partial charge in [0.2, 0.25) is 12.4 Å². The maximum absolute atomic E-state index is 15.1. The summed E-state index contributed by atoms with van der Waals surface area (Å²) in [5, 5.41) is 40.6. The van der Waals surface area contributed by atoms with Crippen LogP contribution < -0.4 is 5.32 Å². The molecular formula is C52H65NO20. The van der Waals surface area contributed by atoms with Gasteiger partial charge in [-0.3, -0.25) is 24.0 Å². The van der Waals surface area contributed by atoms with Crippen molar-refractivity contribution in [1.29, 1.82) is 0 Å². The monoisotopic (exact) mass is 1020 g/mol. The van der Waals surface area contributed by atoms with Crippen LogP contribution >= 0.6 is 0 Å². The molecule has 13 atom stereocenters. The van der Waals surface area contributed by atoms with Crippen LogP contribution in [0.5, 0.6) is 0 Å². The lowest BCUT2D eigenvalue weighted by Crippen LogP contribution is -2.76. The average molecular weight is 1020 g/mol. The fourth-order valence-electron chi connectivity index (χ4n) is 10.4. The fraction of sp³-hybridized carbons (Fsp3) is 0.558. The third kappa shape index (κ3) is 11.9. The van der Waals surface area contributed by atoms with E-state index in [0.29, 0.717) is 0 Å². The van der Waals surface area contributed by atoms with Gasteiger partial charge in [-0.1, -0.05) is 62.4 Å². The molecular weight excluding hydrogens is 959 g/mol. The van der Waals surface area contributed by atoms with Crippen molar-refractivity contribution in [1.82, 2.24) is 5.32 Å².